The van der Waals surface area contributed by atoms with Crippen LogP contribution >= 0.6 is 11.6 Å². The van der Waals surface area contributed by atoms with E-state index >= 15 is 0 Å². The fourth-order valence-corrected chi connectivity index (χ4v) is 3.88. The van der Waals surface area contributed by atoms with Crippen LogP contribution in [0.15, 0.2) is 18.2 Å². The van der Waals surface area contributed by atoms with Gasteiger partial charge in [-0.25, -0.2) is 0 Å². The molecule has 3 rings (SSSR count). The molecule has 1 aromatic rings. The molecule has 108 valence electrons. The minimum atomic E-state index is -0.0680. The molecule has 4 heteroatoms. The maximum Gasteiger partial charge on any atom is 0.257 e. The molecular weight excluding hydrogens is 274 g/mol. The Hall–Kier alpha value is -1.22. The molecule has 0 radical (unpaired) electrons. The number of amides is 1. The predicted octanol–water partition coefficient (Wildman–Crippen LogP) is 3.84. The summed E-state index contributed by atoms with van der Waals surface area (Å²) in [7, 11) is 0. The zero-order valence-electron chi connectivity index (χ0n) is 11.5. The standard InChI is InChI=1S/C16H20ClNO2/c17-12-7-8-15(19)13(10-12)16(20)18-9-3-5-11-4-1-2-6-14(11)18/h7-8,10-11,14,19H,1-6,9H2/t11-,14-/m1/s1. The normalized spacial score (nSPS) is 26.1. The number of rotatable bonds is 1. The SMILES string of the molecule is O=C(c1cc(Cl)ccc1O)N1CCC[C@H]2CCCC[C@H]21. The number of aromatic hydroxyl groups is 1. The fourth-order valence-electron chi connectivity index (χ4n) is 3.71. The van der Waals surface area contributed by atoms with Crippen molar-refractivity contribution in [1.82, 2.24) is 4.90 Å². The second kappa shape index (κ2) is 5.65. The van der Waals surface area contributed by atoms with Crippen molar-refractivity contribution >= 4 is 17.5 Å². The molecule has 2 fully saturated rings. The van der Waals surface area contributed by atoms with Gasteiger partial charge in [0.25, 0.3) is 5.91 Å². The minimum Gasteiger partial charge on any atom is -0.507 e. The van der Waals surface area contributed by atoms with Gasteiger partial charge in [0.1, 0.15) is 5.75 Å². The Morgan fingerprint density at radius 3 is 2.80 bits per heavy atom. The monoisotopic (exact) mass is 293 g/mol. The van der Waals surface area contributed by atoms with Gasteiger partial charge in [0.15, 0.2) is 0 Å². The molecule has 0 aromatic heterocycles. The lowest BCUT2D eigenvalue weighted by Crippen LogP contribution is -2.49. The van der Waals surface area contributed by atoms with Gasteiger partial charge < -0.3 is 10.0 Å². The van der Waals surface area contributed by atoms with E-state index in [9.17, 15) is 9.90 Å². The topological polar surface area (TPSA) is 40.5 Å². The number of carbonyl (C=O) groups is 1. The van der Waals surface area contributed by atoms with E-state index in [1.54, 1.807) is 12.1 Å². The van der Waals surface area contributed by atoms with Crippen LogP contribution in [0.3, 0.4) is 0 Å². The molecule has 0 spiro atoms. The van der Waals surface area contributed by atoms with Gasteiger partial charge in [-0.1, -0.05) is 24.4 Å². The van der Waals surface area contributed by atoms with E-state index in [1.165, 1.54) is 31.7 Å². The first-order chi connectivity index (χ1) is 9.66. The van der Waals surface area contributed by atoms with Gasteiger partial charge in [0.2, 0.25) is 0 Å². The first kappa shape index (κ1) is 13.7. The number of nitrogens with zero attached hydrogens (tertiary/aromatic N) is 1. The maximum atomic E-state index is 12.7. The van der Waals surface area contributed by atoms with Crippen molar-refractivity contribution in [3.05, 3.63) is 28.8 Å². The van der Waals surface area contributed by atoms with Crippen LogP contribution in [0.4, 0.5) is 0 Å². The Morgan fingerprint density at radius 2 is 1.95 bits per heavy atom. The molecule has 0 unspecified atom stereocenters. The van der Waals surface area contributed by atoms with Gasteiger partial charge >= 0.3 is 0 Å². The Bertz CT molecular complexity index is 515. The van der Waals surface area contributed by atoms with Crippen molar-refractivity contribution < 1.29 is 9.90 Å². The summed E-state index contributed by atoms with van der Waals surface area (Å²) in [5, 5.41) is 10.4. The lowest BCUT2D eigenvalue weighted by molar-refractivity contribution is 0.0388. The number of hydrogen-bond donors (Lipinski definition) is 1. The summed E-state index contributed by atoms with van der Waals surface area (Å²) in [5.74, 6) is 0.599. The van der Waals surface area contributed by atoms with Crippen LogP contribution < -0.4 is 0 Å². The second-order valence-corrected chi connectivity index (χ2v) is 6.35. The summed E-state index contributed by atoms with van der Waals surface area (Å²) in [6, 6.07) is 5.03. The van der Waals surface area contributed by atoms with E-state index in [0.29, 0.717) is 22.5 Å². The van der Waals surface area contributed by atoms with Crippen LogP contribution in [0.2, 0.25) is 5.02 Å². The van der Waals surface area contributed by atoms with E-state index < -0.39 is 0 Å². The Kier molecular flexibility index (Phi) is 3.88. The third-order valence-corrected chi connectivity index (χ3v) is 4.93. The Balaban J connectivity index is 1.87. The van der Waals surface area contributed by atoms with Gasteiger partial charge in [0.05, 0.1) is 5.56 Å². The van der Waals surface area contributed by atoms with E-state index in [4.69, 9.17) is 11.6 Å². The molecule has 1 saturated heterocycles. The largest absolute Gasteiger partial charge is 0.507 e. The van der Waals surface area contributed by atoms with Crippen LogP contribution in [0.25, 0.3) is 0 Å². The number of fused-ring (bicyclic) bond motifs is 1. The zero-order chi connectivity index (χ0) is 14.1. The number of hydrogen-bond acceptors (Lipinski definition) is 2. The smallest absolute Gasteiger partial charge is 0.257 e. The number of phenolic OH excluding ortho intramolecular Hbond substituents is 1. The molecule has 2 atom stereocenters. The molecule has 1 saturated carbocycles. The average molecular weight is 294 g/mol. The van der Waals surface area contributed by atoms with Crippen LogP contribution in [0.5, 0.6) is 5.75 Å². The van der Waals surface area contributed by atoms with Crippen LogP contribution in [-0.4, -0.2) is 28.5 Å². The molecular formula is C16H20ClNO2. The summed E-state index contributed by atoms with van der Waals surface area (Å²) in [6.45, 7) is 0.798. The Morgan fingerprint density at radius 1 is 1.20 bits per heavy atom. The molecule has 2 aliphatic rings. The highest BCUT2D eigenvalue weighted by Gasteiger charge is 2.36. The number of phenols is 1. The van der Waals surface area contributed by atoms with Crippen molar-refractivity contribution in [2.45, 2.75) is 44.6 Å². The highest BCUT2D eigenvalue weighted by atomic mass is 35.5. The summed E-state index contributed by atoms with van der Waals surface area (Å²) < 4.78 is 0. The molecule has 20 heavy (non-hydrogen) atoms. The maximum absolute atomic E-state index is 12.7. The van der Waals surface area contributed by atoms with Crippen molar-refractivity contribution in [2.75, 3.05) is 6.54 Å². The minimum absolute atomic E-state index is 0.0253. The average Bonchev–Trinajstić information content (AvgIpc) is 2.48. The number of carbonyl (C=O) groups excluding carboxylic acids is 1. The quantitative estimate of drug-likeness (QED) is 0.854. The molecule has 1 amide bonds. The highest BCUT2D eigenvalue weighted by Crippen LogP contribution is 2.36. The zero-order valence-corrected chi connectivity index (χ0v) is 12.3. The number of halogens is 1. The lowest BCUT2D eigenvalue weighted by Gasteiger charge is -2.44. The third kappa shape index (κ3) is 2.51. The van der Waals surface area contributed by atoms with Crippen LogP contribution in [0, 0.1) is 5.92 Å². The van der Waals surface area contributed by atoms with E-state index in [1.807, 2.05) is 4.90 Å². The van der Waals surface area contributed by atoms with E-state index in [2.05, 4.69) is 0 Å². The molecule has 1 heterocycles. The van der Waals surface area contributed by atoms with Crippen molar-refractivity contribution in [2.24, 2.45) is 5.92 Å². The lowest BCUT2D eigenvalue weighted by atomic mass is 9.78. The summed E-state index contributed by atoms with van der Waals surface area (Å²) in [5.41, 5.74) is 0.337. The van der Waals surface area contributed by atoms with Gasteiger partial charge in [-0.15, -0.1) is 0 Å². The Labute approximate surface area is 124 Å². The fraction of sp³-hybridized carbons (Fsp3) is 0.562. The molecule has 0 bridgehead atoms. The van der Waals surface area contributed by atoms with Crippen LogP contribution in [-0.2, 0) is 0 Å². The second-order valence-electron chi connectivity index (χ2n) is 5.91. The van der Waals surface area contributed by atoms with Gasteiger partial charge in [-0.2, -0.15) is 0 Å². The number of benzene rings is 1. The molecule has 3 nitrogen and oxygen atoms in total. The number of piperidine rings is 1. The van der Waals surface area contributed by atoms with Crippen LogP contribution in [0.1, 0.15) is 48.9 Å². The van der Waals surface area contributed by atoms with E-state index in [-0.39, 0.29) is 11.7 Å². The molecule has 1 N–H and O–H groups in total. The molecule has 1 aromatic carbocycles. The van der Waals surface area contributed by atoms with Gasteiger partial charge in [-0.05, 0) is 49.8 Å². The summed E-state index contributed by atoms with van der Waals surface area (Å²) in [6.07, 6.45) is 7.11. The van der Waals surface area contributed by atoms with Crippen molar-refractivity contribution in [3.8, 4) is 5.75 Å². The third-order valence-electron chi connectivity index (χ3n) is 4.69. The van der Waals surface area contributed by atoms with E-state index in [0.717, 1.165) is 19.4 Å². The van der Waals surface area contributed by atoms with Crippen molar-refractivity contribution in [1.29, 1.82) is 0 Å². The molecule has 1 aliphatic carbocycles. The van der Waals surface area contributed by atoms with Gasteiger partial charge in [0, 0.05) is 17.6 Å². The summed E-state index contributed by atoms with van der Waals surface area (Å²) in [4.78, 5) is 14.7. The first-order valence-electron chi connectivity index (χ1n) is 7.46. The highest BCUT2D eigenvalue weighted by molar-refractivity contribution is 6.31. The van der Waals surface area contributed by atoms with Gasteiger partial charge in [-0.3, -0.25) is 4.79 Å². The first-order valence-corrected chi connectivity index (χ1v) is 7.84. The van der Waals surface area contributed by atoms with Crippen molar-refractivity contribution in [3.63, 3.8) is 0 Å². The predicted molar refractivity (Wildman–Crippen MR) is 79.1 cm³/mol. The molecule has 1 aliphatic heterocycles. The summed E-state index contributed by atoms with van der Waals surface area (Å²) >= 11 is 5.96. The number of likely N-dealkylation sites (tertiary alicyclic amines) is 1.